The van der Waals surface area contributed by atoms with E-state index in [1.54, 1.807) is 0 Å². The highest BCUT2D eigenvalue weighted by atomic mass is 35.5. The van der Waals surface area contributed by atoms with E-state index in [0.717, 1.165) is 75.3 Å². The number of amides is 7. The smallest absolute Gasteiger partial charge is 0.330 e. The van der Waals surface area contributed by atoms with Crippen molar-refractivity contribution in [3.63, 3.8) is 0 Å². The fraction of sp³-hybridized carbons (Fsp3) is 0.558. The number of fused-ring (bicyclic) bond motifs is 14. The van der Waals surface area contributed by atoms with E-state index in [4.69, 9.17) is 66.7 Å². The fourth-order valence-electron chi connectivity index (χ4n) is 16.5. The molecule has 7 amide bonds. The maximum atomic E-state index is 16.8. The Hall–Kier alpha value is -9.81. The largest absolute Gasteiger partial charge is 0.507 e. The number of primary amides is 1. The maximum absolute atomic E-state index is 16.8. The Balaban J connectivity index is 1.16. The number of phenols is 3. The van der Waals surface area contributed by atoms with Gasteiger partial charge in [0.15, 0.2) is 42.0 Å². The summed E-state index contributed by atoms with van der Waals surface area (Å²) in [6.45, 7) is 11.0. The number of aliphatic hydroxyl groups is 6. The third-order valence-corrected chi connectivity index (χ3v) is 23.6. The molecule has 5 aromatic rings. The van der Waals surface area contributed by atoms with Gasteiger partial charge in [-0.1, -0.05) is 127 Å². The molecular weight excluding hydrogens is 1640 g/mol. The van der Waals surface area contributed by atoms with E-state index >= 15 is 24.0 Å². The molecule has 24 N–H and O–H groups in total. The van der Waals surface area contributed by atoms with Crippen LogP contribution in [0.15, 0.2) is 78.9 Å². The highest BCUT2D eigenvalue weighted by molar-refractivity contribution is 6.32. The topological polar surface area (TPSA) is 587 Å². The second-order valence-electron chi connectivity index (χ2n) is 33.7. The van der Waals surface area contributed by atoms with E-state index in [0.29, 0.717) is 12.8 Å². The summed E-state index contributed by atoms with van der Waals surface area (Å²) in [5.74, 6) is -15.9. The molecule has 22 unspecified atom stereocenters. The first kappa shape index (κ1) is 94.9. The average molecular weight is 1760 g/mol. The van der Waals surface area contributed by atoms with Crippen molar-refractivity contribution in [2.45, 2.75) is 278 Å². The van der Waals surface area contributed by atoms with Gasteiger partial charge in [0, 0.05) is 47.2 Å². The number of aliphatic hydroxyl groups excluding tert-OH is 6. The standard InChI is InChI=1S/C86H116ClN11O26/c1-9-10-11-12-13-14-15-16-17-18-19-29-92-65-52(101)34-47-61(70(65)105)60-46(21-20-22-51(60)100)63-80(112)98-67(82(114)96-64(47)83(115)116)72(122-58-36-85(6,89)75(107)40(4)117-58)42-23-26-45(27-24-42)119-54-32-44-33-55(73(54)124-84-74(71(106)69(104)56(38-99)121-84)123-59-37-86(7,90)76(108)41(5)118-59)120-53-28-25-43(31-48(53)87)68(103)66(97-77(109)49(91-8)30-39(2)3)81(113)93-50(35-57(88)102)78(110)94-62(44)79(111)95-63/h20-28,31-34,39-41,49-50,56,58-59,62-64,66-69,71-72,74-76,84,91-92,99-101,103-108H,9-19,29-30,35-38,89-90H2,1-8H3,(H2,88,102)(H,93,113)(H,94,110)(H,95,111)(H,96,114)(H,97,109)(H,98,112)(H,115,116). The van der Waals surface area contributed by atoms with Gasteiger partial charge in [-0.05, 0) is 124 Å². The van der Waals surface area contributed by atoms with Crippen LogP contribution in [0.2, 0.25) is 5.02 Å². The molecule has 0 saturated carbocycles. The number of anilines is 1. The monoisotopic (exact) mass is 1750 g/mol. The lowest BCUT2D eigenvalue weighted by molar-refractivity contribution is -0.333. The van der Waals surface area contributed by atoms with Gasteiger partial charge in [0.25, 0.3) is 0 Å². The SMILES string of the molecule is CCCCCCCCCCCCCNc1c(O)cc2c(c1O)-c1c(O)cccc1C1NC(=O)C3NC(=O)C(CC(N)=O)NC(=O)C(NC(=O)C(CC(C)C)NC)C(O)c4ccc(c(Cl)c4)Oc4cc3cc(c4OC3OC(CO)C(O)C(O)C3OC3CC(C)(N)C(O)C(C)O3)Oc3ccc(cc3)C(OC3CC(C)(N)C(O)C(C)O3)C(NC1=O)C(=O)NC2C(=O)O. The summed E-state index contributed by atoms with van der Waals surface area (Å²) in [7, 11) is 1.48. The quantitative estimate of drug-likeness (QED) is 0.0243. The molecule has 678 valence electrons. The Morgan fingerprint density at radius 1 is 0.645 bits per heavy atom. The van der Waals surface area contributed by atoms with Gasteiger partial charge >= 0.3 is 5.97 Å². The number of aliphatic carboxylic acids is 1. The van der Waals surface area contributed by atoms with Crippen LogP contribution in [0, 0.1) is 5.92 Å². The fourth-order valence-corrected chi connectivity index (χ4v) is 16.7. The van der Waals surface area contributed by atoms with Gasteiger partial charge in [-0.15, -0.1) is 0 Å². The van der Waals surface area contributed by atoms with Crippen LogP contribution in [0.25, 0.3) is 11.1 Å². The number of ether oxygens (including phenoxy) is 8. The van der Waals surface area contributed by atoms with Crippen LogP contribution in [0.4, 0.5) is 5.69 Å². The minimum Gasteiger partial charge on any atom is -0.507 e. The lowest BCUT2D eigenvalue weighted by Crippen LogP contribution is -2.64. The molecule has 13 rings (SSSR count). The van der Waals surface area contributed by atoms with Gasteiger partial charge < -0.3 is 149 Å². The molecule has 0 aliphatic carbocycles. The normalized spacial score (nSPS) is 29.9. The molecule has 8 aliphatic rings. The zero-order valence-electron chi connectivity index (χ0n) is 70.3. The third kappa shape index (κ3) is 22.0. The van der Waals surface area contributed by atoms with E-state index in [9.17, 15) is 65.4 Å². The summed E-state index contributed by atoms with van der Waals surface area (Å²) < 4.78 is 52.2. The summed E-state index contributed by atoms with van der Waals surface area (Å²) in [5.41, 5.74) is 12.9. The first-order valence-corrected chi connectivity index (χ1v) is 42.3. The number of halogens is 1. The molecule has 0 spiro atoms. The molecule has 3 fully saturated rings. The average Bonchev–Trinajstić information content (AvgIpc) is 1.22. The number of unbranched alkanes of at least 4 members (excludes halogenated alkanes) is 10. The van der Waals surface area contributed by atoms with Gasteiger partial charge in [-0.3, -0.25) is 33.6 Å². The van der Waals surface area contributed by atoms with Crippen LogP contribution in [-0.4, -0.2) is 222 Å². The van der Waals surface area contributed by atoms with Crippen molar-refractivity contribution in [2.75, 3.05) is 25.5 Å². The Labute approximate surface area is 721 Å². The molecule has 9 bridgehead atoms. The summed E-state index contributed by atoms with van der Waals surface area (Å²) in [4.78, 5) is 122. The number of carboxylic acid groups (broad SMARTS) is 1. The molecule has 124 heavy (non-hydrogen) atoms. The van der Waals surface area contributed by atoms with Gasteiger partial charge in [0.1, 0.15) is 89.4 Å². The maximum Gasteiger partial charge on any atom is 0.330 e. The van der Waals surface area contributed by atoms with Crippen molar-refractivity contribution in [3.8, 4) is 57.1 Å². The Morgan fingerprint density at radius 2 is 1.24 bits per heavy atom. The molecule has 37 nitrogen and oxygen atoms in total. The molecule has 38 heteroatoms. The number of nitrogens with one attached hydrogen (secondary N) is 8. The lowest BCUT2D eigenvalue weighted by atomic mass is 9.86. The van der Waals surface area contributed by atoms with E-state index in [2.05, 4.69) is 49.5 Å². The molecule has 22 atom stereocenters. The van der Waals surface area contributed by atoms with Crippen LogP contribution in [-0.2, 0) is 62.0 Å². The van der Waals surface area contributed by atoms with Crippen molar-refractivity contribution in [3.05, 3.63) is 112 Å². The Bertz CT molecular complexity index is 4660. The summed E-state index contributed by atoms with van der Waals surface area (Å²) in [6, 6.07) is 0.768. The first-order chi connectivity index (χ1) is 58.8. The number of rotatable bonds is 28. The van der Waals surface area contributed by atoms with Crippen LogP contribution in [0.3, 0.4) is 0 Å². The summed E-state index contributed by atoms with van der Waals surface area (Å²) >= 11 is 7.21. The zero-order valence-corrected chi connectivity index (χ0v) is 71.0. The number of benzene rings is 5. The third-order valence-electron chi connectivity index (χ3n) is 23.3. The van der Waals surface area contributed by atoms with Crippen molar-refractivity contribution < 1.29 is 127 Å². The molecule has 8 heterocycles. The number of aromatic hydroxyl groups is 3. The predicted octanol–water partition coefficient (Wildman–Crippen LogP) is 4.41. The van der Waals surface area contributed by atoms with Gasteiger partial charge in [0.05, 0.1) is 48.5 Å². The van der Waals surface area contributed by atoms with Crippen molar-refractivity contribution >= 4 is 64.6 Å². The van der Waals surface area contributed by atoms with Crippen LogP contribution < -0.4 is 73.9 Å². The van der Waals surface area contributed by atoms with Gasteiger partial charge in [0.2, 0.25) is 53.4 Å². The second-order valence-corrected chi connectivity index (χ2v) is 34.1. The number of hydrogen-bond donors (Lipinski definition) is 21. The van der Waals surface area contributed by atoms with Crippen LogP contribution in [0.5, 0.6) is 46.0 Å². The summed E-state index contributed by atoms with van der Waals surface area (Å²) in [5, 5.41) is 140. The summed E-state index contributed by atoms with van der Waals surface area (Å²) in [6.07, 6.45) is -11.7. The highest BCUT2D eigenvalue weighted by Crippen LogP contribution is 2.53. The number of carbonyl (C=O) groups is 8. The van der Waals surface area contributed by atoms with Gasteiger partial charge in [-0.2, -0.15) is 0 Å². The van der Waals surface area contributed by atoms with E-state index in [1.165, 1.54) is 96.1 Å². The van der Waals surface area contributed by atoms with E-state index < -0.39 is 262 Å². The van der Waals surface area contributed by atoms with E-state index in [1.807, 2.05) is 13.8 Å². The predicted molar refractivity (Wildman–Crippen MR) is 446 cm³/mol. The zero-order chi connectivity index (χ0) is 90.1. The number of hydrogen-bond acceptors (Lipinski definition) is 29. The van der Waals surface area contributed by atoms with Crippen LogP contribution >= 0.6 is 11.6 Å². The first-order valence-electron chi connectivity index (χ1n) is 41.9. The minimum atomic E-state index is -2.41. The molecule has 0 radical (unpaired) electrons. The molecule has 3 saturated heterocycles. The number of phenolic OH excluding ortho intramolecular Hbond substituents is 3. The molecule has 0 aromatic heterocycles. The number of carboxylic acids is 1. The highest BCUT2D eigenvalue weighted by Gasteiger charge is 2.53. The number of likely N-dealkylation sites (N-methyl/N-ethyl adjacent to an activating group) is 1. The minimum absolute atomic E-state index is 0.0444. The number of carbonyl (C=O) groups excluding carboxylic acids is 7. The Kier molecular flexibility index (Phi) is 31.4. The molecule has 8 aliphatic heterocycles. The van der Waals surface area contributed by atoms with Crippen molar-refractivity contribution in [1.82, 2.24) is 37.2 Å². The number of nitrogens with two attached hydrogens (primary N) is 3. The van der Waals surface area contributed by atoms with E-state index in [-0.39, 0.29) is 59.4 Å². The lowest BCUT2D eigenvalue weighted by Gasteiger charge is -2.47. The van der Waals surface area contributed by atoms with Crippen molar-refractivity contribution in [1.29, 1.82) is 0 Å². The van der Waals surface area contributed by atoms with Crippen molar-refractivity contribution in [2.24, 2.45) is 23.1 Å². The van der Waals surface area contributed by atoms with Gasteiger partial charge in [-0.25, -0.2) is 4.79 Å². The van der Waals surface area contributed by atoms with Crippen LogP contribution in [0.1, 0.15) is 203 Å². The Morgan fingerprint density at radius 3 is 1.83 bits per heavy atom. The molecule has 5 aromatic carbocycles. The second kappa shape index (κ2) is 41.1. The molecular formula is C86H116ClN11O26.